The highest BCUT2D eigenvalue weighted by Gasteiger charge is 2.34. The van der Waals surface area contributed by atoms with Gasteiger partial charge in [-0.15, -0.1) is 11.3 Å². The zero-order valence-corrected chi connectivity index (χ0v) is 20.1. The van der Waals surface area contributed by atoms with E-state index in [4.69, 9.17) is 21.3 Å². The van der Waals surface area contributed by atoms with Crippen LogP contribution in [-0.2, 0) is 21.7 Å². The van der Waals surface area contributed by atoms with Gasteiger partial charge in [0.2, 0.25) is 5.91 Å². The molecule has 0 aliphatic carbocycles. The Kier molecular flexibility index (Phi) is 6.99. The lowest BCUT2D eigenvalue weighted by Gasteiger charge is -2.38. The molecule has 1 aliphatic rings. The minimum Gasteiger partial charge on any atom is -0.465 e. The number of rotatable bonds is 6. The van der Waals surface area contributed by atoms with Gasteiger partial charge in [0.1, 0.15) is 9.71 Å². The van der Waals surface area contributed by atoms with Gasteiger partial charge in [-0.05, 0) is 42.7 Å². The normalized spacial score (nSPS) is 16.0. The highest BCUT2D eigenvalue weighted by molar-refractivity contribution is 7.21. The fourth-order valence-corrected chi connectivity index (χ4v) is 5.24. The Morgan fingerprint density at radius 2 is 1.91 bits per heavy atom. The summed E-state index contributed by atoms with van der Waals surface area (Å²) >= 11 is 7.19. The van der Waals surface area contributed by atoms with Crippen molar-refractivity contribution in [3.63, 3.8) is 0 Å². The van der Waals surface area contributed by atoms with Crippen molar-refractivity contribution in [2.75, 3.05) is 25.5 Å². The molecule has 9 heteroatoms. The number of benzene rings is 1. The van der Waals surface area contributed by atoms with Crippen molar-refractivity contribution in [1.82, 2.24) is 9.88 Å². The highest BCUT2D eigenvalue weighted by atomic mass is 35.5. The van der Waals surface area contributed by atoms with E-state index < -0.39 is 11.6 Å². The Balaban J connectivity index is 1.50. The van der Waals surface area contributed by atoms with Crippen LogP contribution in [0.4, 0.5) is 5.69 Å². The number of nitrogens with one attached hydrogen (secondary N) is 1. The molecule has 2 aromatic heterocycles. The maximum atomic E-state index is 12.2. The van der Waals surface area contributed by atoms with Crippen LogP contribution in [-0.4, -0.2) is 47.1 Å². The van der Waals surface area contributed by atoms with Gasteiger partial charge in [0.25, 0.3) is 0 Å². The number of piperidine rings is 1. The number of methoxy groups -OCH3 is 1. The van der Waals surface area contributed by atoms with Crippen molar-refractivity contribution in [2.45, 2.75) is 38.3 Å². The SMILES string of the molecule is CCC(=O)Nc1c(C(=O)OC)sc2nc(CN3CCC(O)(c4ccc(Cl)cc4)CC3)ccc12. The molecular weight excluding hydrogens is 462 g/mol. The predicted octanol–water partition coefficient (Wildman–Crippen LogP) is 4.57. The third kappa shape index (κ3) is 5.04. The molecule has 1 aromatic carbocycles. The third-order valence-electron chi connectivity index (χ3n) is 6.02. The summed E-state index contributed by atoms with van der Waals surface area (Å²) in [6.07, 6.45) is 1.55. The van der Waals surface area contributed by atoms with Crippen molar-refractivity contribution < 1.29 is 19.4 Å². The first-order valence-electron chi connectivity index (χ1n) is 10.8. The predicted molar refractivity (Wildman–Crippen MR) is 130 cm³/mol. The lowest BCUT2D eigenvalue weighted by Crippen LogP contribution is -2.42. The summed E-state index contributed by atoms with van der Waals surface area (Å²) in [7, 11) is 1.32. The molecule has 1 saturated heterocycles. The molecule has 0 radical (unpaired) electrons. The second-order valence-corrected chi connectivity index (χ2v) is 9.60. The van der Waals surface area contributed by atoms with Gasteiger partial charge < -0.3 is 15.2 Å². The fourth-order valence-electron chi connectivity index (χ4n) is 4.05. The van der Waals surface area contributed by atoms with Gasteiger partial charge in [0.05, 0.1) is 24.1 Å². The number of anilines is 1. The Morgan fingerprint density at radius 1 is 1.21 bits per heavy atom. The number of carbonyl (C=O) groups excluding carboxylic acids is 2. The highest BCUT2D eigenvalue weighted by Crippen LogP contribution is 2.37. The van der Waals surface area contributed by atoms with Crippen LogP contribution >= 0.6 is 22.9 Å². The number of esters is 1. The van der Waals surface area contributed by atoms with Gasteiger partial charge in [0.15, 0.2) is 0 Å². The number of thiophene rings is 1. The zero-order valence-electron chi connectivity index (χ0n) is 18.6. The van der Waals surface area contributed by atoms with Crippen molar-refractivity contribution in [2.24, 2.45) is 0 Å². The molecule has 3 heterocycles. The number of pyridine rings is 1. The molecule has 0 unspecified atom stereocenters. The van der Waals surface area contributed by atoms with E-state index in [9.17, 15) is 14.7 Å². The second-order valence-electron chi connectivity index (χ2n) is 8.17. The smallest absolute Gasteiger partial charge is 0.350 e. The van der Waals surface area contributed by atoms with Gasteiger partial charge in [-0.2, -0.15) is 0 Å². The van der Waals surface area contributed by atoms with Crippen LogP contribution in [0, 0.1) is 0 Å². The van der Waals surface area contributed by atoms with Gasteiger partial charge in [-0.25, -0.2) is 9.78 Å². The topological polar surface area (TPSA) is 91.8 Å². The molecule has 1 fully saturated rings. The minimum absolute atomic E-state index is 0.176. The van der Waals surface area contributed by atoms with Crippen LogP contribution in [0.25, 0.3) is 10.2 Å². The van der Waals surface area contributed by atoms with Crippen molar-refractivity contribution >= 4 is 50.7 Å². The van der Waals surface area contributed by atoms with E-state index >= 15 is 0 Å². The van der Waals surface area contributed by atoms with E-state index in [0.29, 0.717) is 46.2 Å². The molecule has 174 valence electrons. The molecule has 2 N–H and O–H groups in total. The molecule has 0 atom stereocenters. The molecule has 1 amide bonds. The number of fused-ring (bicyclic) bond motifs is 1. The first-order chi connectivity index (χ1) is 15.8. The molecule has 0 saturated carbocycles. The van der Waals surface area contributed by atoms with E-state index in [0.717, 1.165) is 29.7 Å². The summed E-state index contributed by atoms with van der Waals surface area (Å²) in [6.45, 7) is 3.85. The average Bonchev–Trinajstić information content (AvgIpc) is 3.17. The summed E-state index contributed by atoms with van der Waals surface area (Å²) in [4.78, 5) is 32.2. The standard InChI is InChI=1S/C24H26ClN3O4S/c1-3-19(29)27-20-18-9-8-17(26-22(18)33-21(20)23(30)32-2)14-28-12-10-24(31,11-13-28)15-4-6-16(25)7-5-15/h4-9,31H,3,10-14H2,1-2H3,(H,27,29). The van der Waals surface area contributed by atoms with Gasteiger partial charge in [0, 0.05) is 36.5 Å². The lowest BCUT2D eigenvalue weighted by atomic mass is 9.84. The first kappa shape index (κ1) is 23.6. The molecule has 7 nitrogen and oxygen atoms in total. The number of carbonyl (C=O) groups is 2. The number of aromatic nitrogens is 1. The quantitative estimate of drug-likeness (QED) is 0.495. The van der Waals surface area contributed by atoms with E-state index in [-0.39, 0.29) is 5.91 Å². The maximum Gasteiger partial charge on any atom is 0.350 e. The minimum atomic E-state index is -0.853. The third-order valence-corrected chi connectivity index (χ3v) is 7.35. The summed E-state index contributed by atoms with van der Waals surface area (Å²) in [6, 6.07) is 11.2. The molecule has 0 spiro atoms. The number of hydrogen-bond acceptors (Lipinski definition) is 7. The number of aliphatic hydroxyl groups is 1. The van der Waals surface area contributed by atoms with Crippen molar-refractivity contribution in [3.8, 4) is 0 Å². The summed E-state index contributed by atoms with van der Waals surface area (Å²) < 4.78 is 4.89. The Labute approximate surface area is 201 Å². The van der Waals surface area contributed by atoms with E-state index in [2.05, 4.69) is 10.2 Å². The summed E-state index contributed by atoms with van der Waals surface area (Å²) in [5, 5.41) is 15.3. The Morgan fingerprint density at radius 3 is 2.55 bits per heavy atom. The van der Waals surface area contributed by atoms with Crippen LogP contribution in [0.15, 0.2) is 36.4 Å². The molecular formula is C24H26ClN3O4S. The maximum absolute atomic E-state index is 12.2. The fraction of sp³-hybridized carbons (Fsp3) is 0.375. The monoisotopic (exact) mass is 487 g/mol. The largest absolute Gasteiger partial charge is 0.465 e. The first-order valence-corrected chi connectivity index (χ1v) is 12.0. The summed E-state index contributed by atoms with van der Waals surface area (Å²) in [5.41, 5.74) is 1.36. The number of halogens is 1. The van der Waals surface area contributed by atoms with Crippen molar-refractivity contribution in [1.29, 1.82) is 0 Å². The Bertz CT molecular complexity index is 1170. The number of nitrogens with zero attached hydrogens (tertiary/aromatic N) is 2. The molecule has 33 heavy (non-hydrogen) atoms. The molecule has 3 aromatic rings. The number of ether oxygens (including phenoxy) is 1. The number of hydrogen-bond donors (Lipinski definition) is 2. The summed E-state index contributed by atoms with van der Waals surface area (Å²) in [5.74, 6) is -0.672. The van der Waals surface area contributed by atoms with Crippen molar-refractivity contribution in [3.05, 3.63) is 57.6 Å². The second kappa shape index (κ2) is 9.77. The van der Waals surface area contributed by atoms with Gasteiger partial charge >= 0.3 is 5.97 Å². The van der Waals surface area contributed by atoms with E-state index in [1.54, 1.807) is 19.1 Å². The van der Waals surface area contributed by atoms with Crippen LogP contribution in [0.3, 0.4) is 0 Å². The Hall–Kier alpha value is -2.52. The van der Waals surface area contributed by atoms with Crippen LogP contribution in [0.1, 0.15) is 47.1 Å². The van der Waals surface area contributed by atoms with E-state index in [1.165, 1.54) is 18.4 Å². The molecule has 4 rings (SSSR count). The van der Waals surface area contributed by atoms with Crippen LogP contribution in [0.2, 0.25) is 5.02 Å². The lowest BCUT2D eigenvalue weighted by molar-refractivity contribution is -0.115. The number of amides is 1. The van der Waals surface area contributed by atoms with Gasteiger partial charge in [-0.3, -0.25) is 9.69 Å². The van der Waals surface area contributed by atoms with E-state index in [1.807, 2.05) is 24.3 Å². The zero-order chi connectivity index (χ0) is 23.6. The van der Waals surface area contributed by atoms with Crippen LogP contribution in [0.5, 0.6) is 0 Å². The number of likely N-dealkylation sites (tertiary alicyclic amines) is 1. The molecule has 0 bridgehead atoms. The van der Waals surface area contributed by atoms with Crippen LogP contribution < -0.4 is 5.32 Å². The molecule has 1 aliphatic heterocycles. The van der Waals surface area contributed by atoms with Gasteiger partial charge in [-0.1, -0.05) is 30.7 Å². The average molecular weight is 488 g/mol.